The number of Topliss-reactive ketones (excluding diaryl/α,β-unsaturated/α-hetero) is 1. The number of aliphatic imine (C=N–C) groups is 1. The van der Waals surface area contributed by atoms with E-state index >= 15 is 0 Å². The number of pyridine rings is 1. The molecule has 34 heavy (non-hydrogen) atoms. The quantitative estimate of drug-likeness (QED) is 0.474. The maximum atomic E-state index is 11.1. The van der Waals surface area contributed by atoms with Crippen LogP contribution >= 0.6 is 0 Å². The molecule has 4 rings (SSSR count). The predicted molar refractivity (Wildman–Crippen MR) is 133 cm³/mol. The van der Waals surface area contributed by atoms with Crippen molar-refractivity contribution in [2.75, 3.05) is 29.9 Å². The maximum Gasteiger partial charge on any atom is 0.247 e. The van der Waals surface area contributed by atoms with Crippen LogP contribution in [0.5, 0.6) is 0 Å². The van der Waals surface area contributed by atoms with E-state index in [0.717, 1.165) is 25.2 Å². The Bertz CT molecular complexity index is 1280. The molecule has 1 fully saturated rings. The Morgan fingerprint density at radius 1 is 1.32 bits per heavy atom. The first-order chi connectivity index (χ1) is 16.5. The van der Waals surface area contributed by atoms with Gasteiger partial charge in [0.15, 0.2) is 11.4 Å². The van der Waals surface area contributed by atoms with Gasteiger partial charge in [0, 0.05) is 43.5 Å². The fraction of sp³-hybridized carbons (Fsp3) is 0.320. The normalized spacial score (nSPS) is 15.3. The van der Waals surface area contributed by atoms with Gasteiger partial charge < -0.3 is 16.0 Å². The zero-order valence-electron chi connectivity index (χ0n) is 19.4. The summed E-state index contributed by atoms with van der Waals surface area (Å²) in [6.45, 7) is 5.16. The Morgan fingerprint density at radius 3 is 2.74 bits per heavy atom. The van der Waals surface area contributed by atoms with Crippen molar-refractivity contribution in [3.05, 3.63) is 65.6 Å². The molecule has 0 amide bonds. The van der Waals surface area contributed by atoms with Gasteiger partial charge in [-0.1, -0.05) is 31.2 Å². The van der Waals surface area contributed by atoms with E-state index in [1.54, 1.807) is 4.52 Å². The van der Waals surface area contributed by atoms with E-state index in [2.05, 4.69) is 62.6 Å². The molecule has 0 unspecified atom stereocenters. The molecule has 1 aliphatic rings. The molecule has 3 N–H and O–H groups in total. The number of ketones is 1. The molecule has 174 valence electrons. The third-order valence-corrected chi connectivity index (χ3v) is 6.04. The summed E-state index contributed by atoms with van der Waals surface area (Å²) in [5.41, 5.74) is 10.1. The van der Waals surface area contributed by atoms with E-state index < -0.39 is 0 Å². The lowest BCUT2D eigenvalue weighted by atomic mass is 9.71. The highest BCUT2D eigenvalue weighted by atomic mass is 16.1. The second-order valence-corrected chi connectivity index (χ2v) is 8.54. The number of carbonyl (C=O) groups excluding carboxylic acids is 1. The molecule has 3 aromatic rings. The number of benzene rings is 1. The van der Waals surface area contributed by atoms with Crippen LogP contribution in [-0.4, -0.2) is 46.2 Å². The monoisotopic (exact) mass is 456 g/mol. The van der Waals surface area contributed by atoms with E-state index in [1.165, 1.54) is 30.5 Å². The first-order valence-corrected chi connectivity index (χ1v) is 11.2. The third kappa shape index (κ3) is 4.62. The van der Waals surface area contributed by atoms with E-state index in [9.17, 15) is 10.1 Å². The van der Waals surface area contributed by atoms with Gasteiger partial charge in [-0.3, -0.25) is 9.79 Å². The smallest absolute Gasteiger partial charge is 0.247 e. The largest absolute Gasteiger partial charge is 0.403 e. The summed E-state index contributed by atoms with van der Waals surface area (Å²) in [6, 6.07) is 14.9. The van der Waals surface area contributed by atoms with E-state index in [-0.39, 0.29) is 17.7 Å². The summed E-state index contributed by atoms with van der Waals surface area (Å²) in [5, 5.41) is 17.0. The number of rotatable bonds is 9. The molecule has 1 aromatic carbocycles. The van der Waals surface area contributed by atoms with Crippen LogP contribution < -0.4 is 16.0 Å². The molecule has 0 aliphatic carbocycles. The van der Waals surface area contributed by atoms with Crippen molar-refractivity contribution in [3.8, 4) is 6.07 Å². The number of aromatic nitrogens is 3. The van der Waals surface area contributed by atoms with Gasteiger partial charge in [0.25, 0.3) is 0 Å². The molecule has 0 spiro atoms. The number of nitrogens with one attached hydrogen (secondary N) is 1. The van der Waals surface area contributed by atoms with Gasteiger partial charge >= 0.3 is 0 Å². The number of nitrogens with two attached hydrogens (primary N) is 1. The summed E-state index contributed by atoms with van der Waals surface area (Å²) in [5.74, 6) is 0.337. The van der Waals surface area contributed by atoms with E-state index in [1.807, 2.05) is 18.3 Å². The van der Waals surface area contributed by atoms with Crippen LogP contribution in [0.25, 0.3) is 5.65 Å². The van der Waals surface area contributed by atoms with Gasteiger partial charge in [-0.25, -0.2) is 4.52 Å². The van der Waals surface area contributed by atoms with E-state index in [4.69, 9.17) is 5.73 Å². The minimum Gasteiger partial charge on any atom is -0.403 e. The lowest BCUT2D eigenvalue weighted by Crippen LogP contribution is -2.59. The highest BCUT2D eigenvalue weighted by Crippen LogP contribution is 2.41. The number of anilines is 2. The molecule has 2 aromatic heterocycles. The summed E-state index contributed by atoms with van der Waals surface area (Å²) in [7, 11) is 0. The molecule has 3 heterocycles. The van der Waals surface area contributed by atoms with Gasteiger partial charge in [-0.05, 0) is 36.6 Å². The van der Waals surface area contributed by atoms with E-state index in [0.29, 0.717) is 23.7 Å². The molecule has 0 radical (unpaired) electrons. The molecular weight excluding hydrogens is 428 g/mol. The summed E-state index contributed by atoms with van der Waals surface area (Å²) in [4.78, 5) is 22.0. The summed E-state index contributed by atoms with van der Waals surface area (Å²) < 4.78 is 1.71. The first kappa shape index (κ1) is 23.0. The third-order valence-electron chi connectivity index (χ3n) is 6.04. The minimum atomic E-state index is -0.197. The molecule has 1 aliphatic heterocycles. The second-order valence-electron chi connectivity index (χ2n) is 8.54. The fourth-order valence-electron chi connectivity index (χ4n) is 4.21. The highest BCUT2D eigenvalue weighted by molar-refractivity contribution is 5.85. The Morgan fingerprint density at radius 2 is 2.09 bits per heavy atom. The Hall–Kier alpha value is -4.19. The van der Waals surface area contributed by atoms with Gasteiger partial charge in [0.2, 0.25) is 5.95 Å². The van der Waals surface area contributed by atoms with Crippen LogP contribution in [0.15, 0.2) is 59.5 Å². The number of aryl methyl sites for hydroxylation is 1. The summed E-state index contributed by atoms with van der Waals surface area (Å²) >= 11 is 0. The topological polar surface area (TPSA) is 125 Å². The van der Waals surface area contributed by atoms with Crippen LogP contribution in [0.1, 0.15) is 31.4 Å². The second kappa shape index (κ2) is 9.75. The molecule has 1 saturated heterocycles. The maximum absolute atomic E-state index is 11.1. The number of hydrogen-bond acceptors (Lipinski definition) is 8. The molecule has 0 bridgehead atoms. The number of carbonyl (C=O) groups is 1. The lowest BCUT2D eigenvalue weighted by Gasteiger charge is -2.50. The van der Waals surface area contributed by atoms with Crippen molar-refractivity contribution in [3.63, 3.8) is 0 Å². The molecule has 0 atom stereocenters. The average molecular weight is 457 g/mol. The average Bonchev–Trinajstić information content (AvgIpc) is 3.23. The van der Waals surface area contributed by atoms with Crippen molar-refractivity contribution < 1.29 is 4.79 Å². The zero-order chi connectivity index (χ0) is 24.1. The number of allylic oxidation sites excluding steroid dienone is 1. The van der Waals surface area contributed by atoms with Crippen molar-refractivity contribution >= 4 is 29.3 Å². The highest BCUT2D eigenvalue weighted by Gasteiger charge is 2.45. The Labute approximate surface area is 198 Å². The molecule has 9 heteroatoms. The fourth-order valence-corrected chi connectivity index (χ4v) is 4.21. The van der Waals surface area contributed by atoms with Crippen molar-refractivity contribution in [1.82, 2.24) is 14.6 Å². The van der Waals surface area contributed by atoms with Crippen LogP contribution in [0.2, 0.25) is 0 Å². The van der Waals surface area contributed by atoms with Gasteiger partial charge in [0.05, 0.1) is 24.0 Å². The van der Waals surface area contributed by atoms with Crippen molar-refractivity contribution in [2.24, 2.45) is 10.7 Å². The SMILES string of the molecule is CCc1ccc(C2(CC#N)CN(c3cccn4nc(NC(C=NCC(C)=O)=CN)nc34)C2)cc1. The van der Waals surface area contributed by atoms with Crippen molar-refractivity contribution in [1.29, 1.82) is 5.26 Å². The van der Waals surface area contributed by atoms with Crippen LogP contribution in [0.4, 0.5) is 11.6 Å². The minimum absolute atomic E-state index is 0.0357. The number of hydrogen-bond donors (Lipinski definition) is 2. The molecule has 9 nitrogen and oxygen atoms in total. The number of nitriles is 1. The zero-order valence-corrected chi connectivity index (χ0v) is 19.4. The van der Waals surface area contributed by atoms with Gasteiger partial charge in [-0.2, -0.15) is 10.2 Å². The number of fused-ring (bicyclic) bond motifs is 1. The standard InChI is InChI=1S/C25H28N8O/c1-3-19-6-8-20(9-7-19)25(10-11-26)16-32(17-25)22-5-4-12-33-23(22)30-24(31-33)29-21(13-27)15-28-14-18(2)34/h4-9,12-13,15H,3,10,14,16-17,27H2,1-2H3,(H,29,31). The molecular formula is C25H28N8O. The van der Waals surface area contributed by atoms with Crippen LogP contribution in [0.3, 0.4) is 0 Å². The lowest BCUT2D eigenvalue weighted by molar-refractivity contribution is -0.115. The van der Waals surface area contributed by atoms with Crippen LogP contribution in [-0.2, 0) is 16.6 Å². The first-order valence-electron chi connectivity index (χ1n) is 11.2. The summed E-state index contributed by atoms with van der Waals surface area (Å²) in [6.07, 6.45) is 6.13. The predicted octanol–water partition coefficient (Wildman–Crippen LogP) is 2.84. The van der Waals surface area contributed by atoms with Crippen LogP contribution in [0, 0.1) is 11.3 Å². The van der Waals surface area contributed by atoms with Gasteiger partial charge in [-0.15, -0.1) is 5.10 Å². The van der Waals surface area contributed by atoms with Gasteiger partial charge in [0.1, 0.15) is 0 Å². The molecule has 0 saturated carbocycles. The van der Waals surface area contributed by atoms with Crippen molar-refractivity contribution in [2.45, 2.75) is 32.1 Å². The Kier molecular flexibility index (Phi) is 6.59. The Balaban J connectivity index is 1.55. The number of nitrogens with zero attached hydrogens (tertiary/aromatic N) is 6.